The van der Waals surface area contributed by atoms with Crippen LogP contribution < -0.4 is 15.5 Å². The Hall–Kier alpha value is -3.23. The Morgan fingerprint density at radius 1 is 1.15 bits per heavy atom. The zero-order valence-electron chi connectivity index (χ0n) is 21.3. The fourth-order valence-corrected chi connectivity index (χ4v) is 7.62. The maximum atomic E-state index is 14.0. The van der Waals surface area contributed by atoms with Crippen LogP contribution in [0.5, 0.6) is 0 Å². The van der Waals surface area contributed by atoms with Crippen LogP contribution in [0.4, 0.5) is 30.5 Å². The Bertz CT molecular complexity index is 1520. The Labute approximate surface area is 228 Å². The van der Waals surface area contributed by atoms with Crippen molar-refractivity contribution < 1.29 is 26.4 Å². The molecule has 0 spiro atoms. The molecule has 2 aliphatic rings. The van der Waals surface area contributed by atoms with Crippen molar-refractivity contribution in [1.82, 2.24) is 20.2 Å². The minimum atomic E-state index is -4.80. The molecule has 1 aromatic carbocycles. The minimum absolute atomic E-state index is 0.000473. The van der Waals surface area contributed by atoms with Gasteiger partial charge in [0.1, 0.15) is 10.4 Å². The lowest BCUT2D eigenvalue weighted by atomic mass is 10.1. The molecule has 4 heterocycles. The number of nitrogens with zero attached hydrogens (tertiary/aromatic N) is 4. The summed E-state index contributed by atoms with van der Waals surface area (Å²) in [6, 6.07) is 6.96. The highest BCUT2D eigenvalue weighted by molar-refractivity contribution is 7.91. The van der Waals surface area contributed by atoms with E-state index >= 15 is 0 Å². The van der Waals surface area contributed by atoms with Crippen molar-refractivity contribution in [2.24, 2.45) is 0 Å². The predicted molar refractivity (Wildman–Crippen MR) is 144 cm³/mol. The van der Waals surface area contributed by atoms with Gasteiger partial charge in [-0.3, -0.25) is 4.79 Å². The molecule has 5 rings (SSSR count). The summed E-state index contributed by atoms with van der Waals surface area (Å²) in [5.41, 5.74) is 1.05. The number of amides is 1. The number of fused-ring (bicyclic) bond motifs is 1. The fourth-order valence-electron chi connectivity index (χ4n) is 4.59. The van der Waals surface area contributed by atoms with Crippen molar-refractivity contribution in [1.29, 1.82) is 0 Å². The number of sulfone groups is 1. The van der Waals surface area contributed by atoms with E-state index in [2.05, 4.69) is 25.5 Å². The van der Waals surface area contributed by atoms with E-state index in [1.165, 1.54) is 11.9 Å². The van der Waals surface area contributed by atoms with Crippen molar-refractivity contribution in [2.75, 3.05) is 55.7 Å². The summed E-state index contributed by atoms with van der Waals surface area (Å²) >= 11 is 0.688. The molecule has 2 aliphatic heterocycles. The number of aromatic nitrogens is 2. The lowest BCUT2D eigenvalue weighted by Crippen LogP contribution is -2.43. The molecule has 1 amide bonds. The molecule has 39 heavy (non-hydrogen) atoms. The van der Waals surface area contributed by atoms with E-state index in [4.69, 9.17) is 0 Å². The van der Waals surface area contributed by atoms with Gasteiger partial charge in [0.25, 0.3) is 5.91 Å². The predicted octanol–water partition coefficient (Wildman–Crippen LogP) is 3.80. The van der Waals surface area contributed by atoms with Crippen LogP contribution >= 0.6 is 11.3 Å². The van der Waals surface area contributed by atoms with Gasteiger partial charge in [-0.15, -0.1) is 11.3 Å². The highest BCUT2D eigenvalue weighted by atomic mass is 32.2. The molecule has 0 atom stereocenters. The normalized spacial score (nSPS) is 17.6. The van der Waals surface area contributed by atoms with Gasteiger partial charge in [-0.2, -0.15) is 13.2 Å². The topological polar surface area (TPSA) is 108 Å². The average molecular weight is 581 g/mol. The fraction of sp³-hybridized carbons (Fsp3) is 0.400. The lowest BCUT2D eigenvalue weighted by Gasteiger charge is -2.30. The van der Waals surface area contributed by atoms with E-state index in [1.807, 2.05) is 25.1 Å². The highest BCUT2D eigenvalue weighted by Crippen LogP contribution is 2.42. The molecule has 208 valence electrons. The number of halogens is 3. The Kier molecular flexibility index (Phi) is 7.29. The minimum Gasteiger partial charge on any atom is -0.369 e. The van der Waals surface area contributed by atoms with Crippen LogP contribution in [0.25, 0.3) is 10.6 Å². The number of thiophene rings is 1. The Morgan fingerprint density at radius 3 is 2.59 bits per heavy atom. The maximum Gasteiger partial charge on any atom is 0.420 e. The highest BCUT2D eigenvalue weighted by Gasteiger charge is 2.38. The summed E-state index contributed by atoms with van der Waals surface area (Å²) in [6.07, 6.45) is -3.45. The van der Waals surface area contributed by atoms with Crippen molar-refractivity contribution in [3.8, 4) is 10.6 Å². The van der Waals surface area contributed by atoms with Gasteiger partial charge in [0.15, 0.2) is 9.84 Å². The first-order chi connectivity index (χ1) is 18.5. The van der Waals surface area contributed by atoms with E-state index in [0.29, 0.717) is 29.6 Å². The van der Waals surface area contributed by atoms with E-state index in [-0.39, 0.29) is 32.9 Å². The summed E-state index contributed by atoms with van der Waals surface area (Å²) in [4.78, 5) is 23.9. The van der Waals surface area contributed by atoms with Crippen LogP contribution in [0.1, 0.15) is 27.7 Å². The number of rotatable bonds is 5. The van der Waals surface area contributed by atoms with Crippen LogP contribution in [0.3, 0.4) is 0 Å². The first kappa shape index (κ1) is 27.3. The number of aryl methyl sites for hydroxylation is 1. The molecule has 0 radical (unpaired) electrons. The second-order valence-electron chi connectivity index (χ2n) is 9.36. The van der Waals surface area contributed by atoms with Crippen molar-refractivity contribution >= 4 is 44.4 Å². The third kappa shape index (κ3) is 5.45. The van der Waals surface area contributed by atoms with Crippen LogP contribution in [-0.4, -0.2) is 74.7 Å². The van der Waals surface area contributed by atoms with Crippen LogP contribution in [0.15, 0.2) is 35.4 Å². The number of alkyl halides is 3. The van der Waals surface area contributed by atoms with Gasteiger partial charge in [-0.1, -0.05) is 6.92 Å². The molecule has 1 saturated heterocycles. The van der Waals surface area contributed by atoms with E-state index in [1.54, 1.807) is 0 Å². The third-order valence-corrected chi connectivity index (χ3v) is 9.77. The van der Waals surface area contributed by atoms with Crippen LogP contribution in [0, 0.1) is 0 Å². The second-order valence-corrected chi connectivity index (χ2v) is 12.5. The molecule has 3 aromatic rings. The van der Waals surface area contributed by atoms with Gasteiger partial charge in [-0.25, -0.2) is 18.4 Å². The smallest absolute Gasteiger partial charge is 0.369 e. The van der Waals surface area contributed by atoms with Crippen LogP contribution in [0.2, 0.25) is 0 Å². The number of hydrogen-bond acceptors (Lipinski definition) is 9. The molecule has 9 nitrogen and oxygen atoms in total. The molecule has 0 unspecified atom stereocenters. The zero-order valence-corrected chi connectivity index (χ0v) is 22.9. The molecule has 0 aliphatic carbocycles. The number of piperazine rings is 1. The number of carbonyl (C=O) groups excluding carboxylic acids is 1. The van der Waals surface area contributed by atoms with Gasteiger partial charge in [0.05, 0.1) is 21.2 Å². The van der Waals surface area contributed by atoms with E-state index < -0.39 is 33.2 Å². The molecule has 14 heteroatoms. The molecule has 0 bridgehead atoms. The summed E-state index contributed by atoms with van der Waals surface area (Å²) in [6.45, 7) is 5.51. The summed E-state index contributed by atoms with van der Waals surface area (Å²) in [7, 11) is -2.40. The monoisotopic (exact) mass is 580 g/mol. The van der Waals surface area contributed by atoms with Gasteiger partial charge in [0, 0.05) is 57.3 Å². The first-order valence-electron chi connectivity index (χ1n) is 12.4. The van der Waals surface area contributed by atoms with Gasteiger partial charge in [0.2, 0.25) is 5.95 Å². The Balaban J connectivity index is 1.54. The number of nitrogens with one attached hydrogen (secondary N) is 2. The molecule has 2 N–H and O–H groups in total. The number of carbonyl (C=O) groups is 1. The molecule has 1 fully saturated rings. The standard InChI is InChI=1S/C25H27F3N6O3S2/c1-3-15-12-16(34-8-6-29-7-9-34)4-5-18(15)31-24-30-14-17(25(26,27)28)21(32-24)19-13-20-22(38-19)23(35)33(2)10-11-39(20,36)37/h4-5,12-14,29H,3,6-11H2,1-2H3,(H,30,31,32). The lowest BCUT2D eigenvalue weighted by molar-refractivity contribution is -0.137. The third-order valence-electron chi connectivity index (χ3n) is 6.80. The average Bonchev–Trinajstić information content (AvgIpc) is 3.35. The molecule has 0 saturated carbocycles. The van der Waals surface area contributed by atoms with Crippen molar-refractivity contribution in [3.05, 3.63) is 46.5 Å². The zero-order chi connectivity index (χ0) is 27.9. The number of anilines is 3. The summed E-state index contributed by atoms with van der Waals surface area (Å²) in [5.74, 6) is -0.942. The van der Waals surface area contributed by atoms with E-state index in [0.717, 1.165) is 43.5 Å². The van der Waals surface area contributed by atoms with Gasteiger partial charge >= 0.3 is 6.18 Å². The van der Waals surface area contributed by atoms with Crippen molar-refractivity contribution in [3.63, 3.8) is 0 Å². The largest absolute Gasteiger partial charge is 0.420 e. The van der Waals surface area contributed by atoms with Gasteiger partial charge < -0.3 is 20.4 Å². The summed E-state index contributed by atoms with van der Waals surface area (Å²) in [5, 5.41) is 6.35. The quantitative estimate of drug-likeness (QED) is 0.470. The maximum absolute atomic E-state index is 14.0. The van der Waals surface area contributed by atoms with E-state index in [9.17, 15) is 26.4 Å². The summed E-state index contributed by atoms with van der Waals surface area (Å²) < 4.78 is 67.5. The van der Waals surface area contributed by atoms with Crippen LogP contribution in [-0.2, 0) is 22.4 Å². The second kappa shape index (κ2) is 10.4. The molecule has 2 aromatic heterocycles. The number of hydrogen-bond donors (Lipinski definition) is 2. The SMILES string of the molecule is CCc1cc(N2CCNCC2)ccc1Nc1ncc(C(F)(F)F)c(-c2cc3c(s2)C(=O)N(C)CCS3(=O)=O)n1. The molecular weight excluding hydrogens is 553 g/mol. The molecular formula is C25H27F3N6O3S2. The Morgan fingerprint density at radius 2 is 1.90 bits per heavy atom. The van der Waals surface area contributed by atoms with Crippen molar-refractivity contribution in [2.45, 2.75) is 24.4 Å². The van der Waals surface area contributed by atoms with Gasteiger partial charge in [-0.05, 0) is 36.2 Å². The first-order valence-corrected chi connectivity index (χ1v) is 14.9. The number of benzene rings is 1.